The molecule has 0 aliphatic rings. The number of ether oxygens (including phenoxy) is 1. The molecule has 1 rings (SSSR count). The molecule has 0 aromatic carbocycles. The molecule has 20 heavy (non-hydrogen) atoms. The lowest BCUT2D eigenvalue weighted by Crippen LogP contribution is -2.32. The number of hydrogen-bond acceptors (Lipinski definition) is 5. The largest absolute Gasteiger partial charge is 0.444 e. The van der Waals surface area contributed by atoms with Crippen molar-refractivity contribution >= 4 is 18.1 Å². The predicted octanol–water partition coefficient (Wildman–Crippen LogP) is 2.08. The third kappa shape index (κ3) is 6.17. The second kappa shape index (κ2) is 6.88. The minimum absolute atomic E-state index is 0.393. The summed E-state index contributed by atoms with van der Waals surface area (Å²) in [7, 11) is 3.77. The van der Waals surface area contributed by atoms with Gasteiger partial charge in [0.05, 0.1) is 0 Å². The summed E-state index contributed by atoms with van der Waals surface area (Å²) in [6.45, 7) is 5.87. The van der Waals surface area contributed by atoms with Crippen molar-refractivity contribution in [3.8, 4) is 0 Å². The molecule has 1 aromatic heterocycles. The summed E-state index contributed by atoms with van der Waals surface area (Å²) in [6.07, 6.45) is 6.69. The van der Waals surface area contributed by atoms with E-state index in [4.69, 9.17) is 4.74 Å². The van der Waals surface area contributed by atoms with Gasteiger partial charge in [0.25, 0.3) is 0 Å². The highest BCUT2D eigenvalue weighted by molar-refractivity contribution is 5.68. The van der Waals surface area contributed by atoms with Crippen molar-refractivity contribution in [2.24, 2.45) is 0 Å². The van der Waals surface area contributed by atoms with Gasteiger partial charge in [-0.3, -0.25) is 0 Å². The van der Waals surface area contributed by atoms with E-state index >= 15 is 0 Å². The summed E-state index contributed by atoms with van der Waals surface area (Å²) in [5, 5.41) is 2.64. The molecule has 1 N–H and O–H groups in total. The van der Waals surface area contributed by atoms with E-state index in [0.717, 1.165) is 5.56 Å². The van der Waals surface area contributed by atoms with Crippen LogP contribution in [0, 0.1) is 0 Å². The van der Waals surface area contributed by atoms with Crippen LogP contribution in [0.1, 0.15) is 26.3 Å². The Bertz CT molecular complexity index is 461. The number of amides is 1. The second-order valence-electron chi connectivity index (χ2n) is 5.50. The average molecular weight is 278 g/mol. The van der Waals surface area contributed by atoms with Crippen molar-refractivity contribution in [1.29, 1.82) is 0 Å². The van der Waals surface area contributed by atoms with Crippen LogP contribution >= 0.6 is 0 Å². The second-order valence-corrected chi connectivity index (χ2v) is 5.50. The molecule has 0 radical (unpaired) electrons. The number of hydrogen-bond donors (Lipinski definition) is 1. The molecule has 0 unspecified atom stereocenters. The van der Waals surface area contributed by atoms with E-state index in [-0.39, 0.29) is 0 Å². The maximum absolute atomic E-state index is 11.4. The normalized spacial score (nSPS) is 11.4. The van der Waals surface area contributed by atoms with Crippen molar-refractivity contribution in [1.82, 2.24) is 15.3 Å². The van der Waals surface area contributed by atoms with Gasteiger partial charge in [-0.05, 0) is 20.8 Å². The first-order chi connectivity index (χ1) is 9.28. The van der Waals surface area contributed by atoms with Crippen LogP contribution in [-0.2, 0) is 4.74 Å². The molecule has 0 aliphatic carbocycles. The monoisotopic (exact) mass is 278 g/mol. The Morgan fingerprint density at radius 1 is 1.35 bits per heavy atom. The number of anilines is 1. The molecule has 1 aromatic rings. The zero-order chi connectivity index (χ0) is 15.2. The van der Waals surface area contributed by atoms with Gasteiger partial charge in [-0.2, -0.15) is 0 Å². The summed E-state index contributed by atoms with van der Waals surface area (Å²) in [5.74, 6) is 0.661. The summed E-state index contributed by atoms with van der Waals surface area (Å²) >= 11 is 0. The first-order valence-electron chi connectivity index (χ1n) is 6.41. The Balaban J connectivity index is 2.40. The molecule has 0 fully saturated rings. The standard InChI is InChI=1S/C14H22N4O2/c1-14(2,3)20-13(19)15-8-6-7-11-9-16-12(17-10-11)18(4)5/h6-7,9-10H,8H2,1-5H3,(H,15,19). The van der Waals surface area contributed by atoms with Gasteiger partial charge < -0.3 is 15.0 Å². The SMILES string of the molecule is CN(C)c1ncc(C=CCNC(=O)OC(C)(C)C)cn1. The molecule has 0 atom stereocenters. The fraction of sp³-hybridized carbons (Fsp3) is 0.500. The van der Waals surface area contributed by atoms with E-state index < -0.39 is 11.7 Å². The van der Waals surface area contributed by atoms with E-state index in [1.807, 2.05) is 51.9 Å². The van der Waals surface area contributed by atoms with Crippen molar-refractivity contribution in [3.05, 3.63) is 24.0 Å². The molecular formula is C14H22N4O2. The molecule has 6 heteroatoms. The van der Waals surface area contributed by atoms with Crippen LogP contribution in [0.4, 0.5) is 10.7 Å². The van der Waals surface area contributed by atoms with E-state index in [1.54, 1.807) is 12.4 Å². The topological polar surface area (TPSA) is 67.4 Å². The zero-order valence-electron chi connectivity index (χ0n) is 12.7. The molecule has 6 nitrogen and oxygen atoms in total. The van der Waals surface area contributed by atoms with Gasteiger partial charge in [-0.15, -0.1) is 0 Å². The van der Waals surface area contributed by atoms with Crippen LogP contribution in [-0.4, -0.2) is 42.3 Å². The fourth-order valence-corrected chi connectivity index (χ4v) is 1.30. The predicted molar refractivity (Wildman–Crippen MR) is 79.6 cm³/mol. The highest BCUT2D eigenvalue weighted by Crippen LogP contribution is 2.06. The van der Waals surface area contributed by atoms with Crippen LogP contribution in [0.2, 0.25) is 0 Å². The van der Waals surface area contributed by atoms with Crippen molar-refractivity contribution in [2.75, 3.05) is 25.5 Å². The highest BCUT2D eigenvalue weighted by atomic mass is 16.6. The number of aromatic nitrogens is 2. The lowest BCUT2D eigenvalue weighted by molar-refractivity contribution is 0.0534. The lowest BCUT2D eigenvalue weighted by atomic mass is 10.2. The molecule has 1 heterocycles. The van der Waals surface area contributed by atoms with Gasteiger partial charge in [0.15, 0.2) is 0 Å². The first-order valence-corrected chi connectivity index (χ1v) is 6.41. The number of nitrogens with one attached hydrogen (secondary N) is 1. The van der Waals surface area contributed by atoms with Crippen LogP contribution < -0.4 is 10.2 Å². The van der Waals surface area contributed by atoms with E-state index in [1.165, 1.54) is 0 Å². The molecular weight excluding hydrogens is 256 g/mol. The van der Waals surface area contributed by atoms with Gasteiger partial charge in [0.1, 0.15) is 5.60 Å². The Hall–Kier alpha value is -2.11. The molecule has 0 spiro atoms. The Labute approximate surface area is 119 Å². The number of carbonyl (C=O) groups is 1. The number of nitrogens with zero attached hydrogens (tertiary/aromatic N) is 3. The quantitative estimate of drug-likeness (QED) is 0.913. The van der Waals surface area contributed by atoms with E-state index in [9.17, 15) is 4.79 Å². The molecule has 0 aliphatic heterocycles. The van der Waals surface area contributed by atoms with Gasteiger partial charge >= 0.3 is 6.09 Å². The molecule has 0 saturated heterocycles. The minimum atomic E-state index is -0.482. The average Bonchev–Trinajstić information content (AvgIpc) is 2.33. The van der Waals surface area contributed by atoms with E-state index in [2.05, 4.69) is 15.3 Å². The number of carbonyl (C=O) groups excluding carboxylic acids is 1. The molecule has 0 saturated carbocycles. The third-order valence-electron chi connectivity index (χ3n) is 2.13. The van der Waals surface area contributed by atoms with Gasteiger partial charge in [0, 0.05) is 38.6 Å². The number of alkyl carbamates (subject to hydrolysis) is 1. The van der Waals surface area contributed by atoms with Crippen molar-refractivity contribution in [2.45, 2.75) is 26.4 Å². The Morgan fingerprint density at radius 3 is 2.45 bits per heavy atom. The third-order valence-corrected chi connectivity index (χ3v) is 2.13. The Kier molecular flexibility index (Phi) is 5.49. The smallest absolute Gasteiger partial charge is 0.407 e. The minimum Gasteiger partial charge on any atom is -0.444 e. The van der Waals surface area contributed by atoms with Gasteiger partial charge in [-0.1, -0.05) is 12.2 Å². The van der Waals surface area contributed by atoms with Crippen molar-refractivity contribution in [3.63, 3.8) is 0 Å². The molecule has 1 amide bonds. The summed E-state index contributed by atoms with van der Waals surface area (Å²) in [6, 6.07) is 0. The zero-order valence-corrected chi connectivity index (χ0v) is 12.7. The van der Waals surface area contributed by atoms with Crippen LogP contribution in [0.15, 0.2) is 18.5 Å². The lowest BCUT2D eigenvalue weighted by Gasteiger charge is -2.19. The maximum atomic E-state index is 11.4. The van der Waals surface area contributed by atoms with Gasteiger partial charge in [0.2, 0.25) is 5.95 Å². The maximum Gasteiger partial charge on any atom is 0.407 e. The van der Waals surface area contributed by atoms with Crippen LogP contribution in [0.3, 0.4) is 0 Å². The molecule has 0 bridgehead atoms. The van der Waals surface area contributed by atoms with Gasteiger partial charge in [-0.25, -0.2) is 14.8 Å². The van der Waals surface area contributed by atoms with E-state index in [0.29, 0.717) is 12.5 Å². The van der Waals surface area contributed by atoms with Crippen LogP contribution in [0.25, 0.3) is 6.08 Å². The highest BCUT2D eigenvalue weighted by Gasteiger charge is 2.14. The van der Waals surface area contributed by atoms with Crippen LogP contribution in [0.5, 0.6) is 0 Å². The Morgan fingerprint density at radius 2 is 1.95 bits per heavy atom. The summed E-state index contributed by atoms with van der Waals surface area (Å²) in [5.41, 5.74) is 0.394. The summed E-state index contributed by atoms with van der Waals surface area (Å²) in [4.78, 5) is 21.6. The fourth-order valence-electron chi connectivity index (χ4n) is 1.30. The first kappa shape index (κ1) is 15.9. The summed E-state index contributed by atoms with van der Waals surface area (Å²) < 4.78 is 5.12. The molecule has 110 valence electrons. The number of rotatable bonds is 4. The van der Waals surface area contributed by atoms with Crippen molar-refractivity contribution < 1.29 is 9.53 Å².